The van der Waals surface area contributed by atoms with Crippen LogP contribution in [0.25, 0.3) is 32.7 Å². The maximum atomic E-state index is 12.7. The highest BCUT2D eigenvalue weighted by atomic mass is 32.1. The van der Waals surface area contributed by atoms with Crippen LogP contribution in [-0.2, 0) is 11.8 Å². The number of aryl methyl sites for hydroxylation is 1. The molecule has 1 aromatic carbocycles. The fourth-order valence-corrected chi connectivity index (χ4v) is 5.96. The van der Waals surface area contributed by atoms with Crippen LogP contribution in [0, 0.1) is 11.3 Å². The van der Waals surface area contributed by atoms with Crippen LogP contribution in [0.1, 0.15) is 50.6 Å². The Hall–Kier alpha value is -3.71. The zero-order chi connectivity index (χ0) is 24.5. The number of hydrogen-bond donors (Lipinski definition) is 0. The van der Waals surface area contributed by atoms with Crippen molar-refractivity contribution in [2.24, 2.45) is 7.05 Å². The van der Waals surface area contributed by atoms with E-state index in [0.717, 1.165) is 51.4 Å². The minimum absolute atomic E-state index is 0.0426. The molecule has 1 amide bonds. The number of fused-ring (bicyclic) bond motifs is 4. The highest BCUT2D eigenvalue weighted by molar-refractivity contribution is 7.17. The molecule has 1 saturated heterocycles. The van der Waals surface area contributed by atoms with Gasteiger partial charge in [-0.3, -0.25) is 9.58 Å². The number of carbonyl (C=O) groups excluding carboxylic acids is 1. The van der Waals surface area contributed by atoms with Gasteiger partial charge in [-0.1, -0.05) is 17.4 Å². The minimum atomic E-state index is -0.506. The molecule has 35 heavy (non-hydrogen) atoms. The smallest absolute Gasteiger partial charge is 0.411 e. The molecule has 2 aliphatic rings. The molecule has 10 heteroatoms. The highest BCUT2D eigenvalue weighted by Crippen LogP contribution is 2.40. The molecule has 1 fully saturated rings. The molecule has 0 spiro atoms. The first-order valence-corrected chi connectivity index (χ1v) is 12.5. The summed E-state index contributed by atoms with van der Waals surface area (Å²) in [6, 6.07) is 6.25. The second-order valence-corrected chi connectivity index (χ2v) is 11.2. The van der Waals surface area contributed by atoms with Gasteiger partial charge in [0.2, 0.25) is 4.96 Å². The average molecular weight is 488 g/mol. The number of imidazole rings is 1. The summed E-state index contributed by atoms with van der Waals surface area (Å²) in [6.07, 6.45) is 8.41. The van der Waals surface area contributed by atoms with Gasteiger partial charge in [-0.25, -0.2) is 14.3 Å². The van der Waals surface area contributed by atoms with Crippen molar-refractivity contribution in [1.29, 1.82) is 5.26 Å². The van der Waals surface area contributed by atoms with E-state index < -0.39 is 5.60 Å². The molecule has 0 radical (unpaired) electrons. The average Bonchev–Trinajstić information content (AvgIpc) is 3.51. The predicted molar refractivity (Wildman–Crippen MR) is 133 cm³/mol. The van der Waals surface area contributed by atoms with Crippen molar-refractivity contribution in [3.05, 3.63) is 41.2 Å². The number of rotatable bonds is 2. The number of hydrogen-bond acceptors (Lipinski definition) is 7. The molecule has 3 aromatic heterocycles. The standard InChI is InChI=1S/C25H25N7O2S/c1-25(2,3)34-24(33)32-18-5-6-19(32)10-15(9-18)22-29-31-13-20(27-23(31)35-22)14-7-16(11-26)21-17(8-14)12-30(4)28-21/h7-9,12-13,18-19H,5-6,10H2,1-4H3. The summed E-state index contributed by atoms with van der Waals surface area (Å²) in [5.41, 5.74) is 3.52. The lowest BCUT2D eigenvalue weighted by atomic mass is 10.0. The number of amides is 1. The lowest BCUT2D eigenvalue weighted by Gasteiger charge is -2.34. The molecule has 6 rings (SSSR count). The van der Waals surface area contributed by atoms with E-state index in [-0.39, 0.29) is 18.2 Å². The topological polar surface area (TPSA) is 101 Å². The Morgan fingerprint density at radius 2 is 2.06 bits per heavy atom. The van der Waals surface area contributed by atoms with Gasteiger partial charge < -0.3 is 4.74 Å². The van der Waals surface area contributed by atoms with Crippen LogP contribution in [0.15, 0.2) is 30.6 Å². The zero-order valence-electron chi connectivity index (χ0n) is 20.0. The molecule has 2 bridgehead atoms. The normalized spacial score (nSPS) is 19.9. The van der Waals surface area contributed by atoms with E-state index in [1.54, 1.807) is 20.5 Å². The number of benzene rings is 1. The summed E-state index contributed by atoms with van der Waals surface area (Å²) >= 11 is 1.54. The molecular weight excluding hydrogens is 462 g/mol. The third kappa shape index (κ3) is 3.76. The van der Waals surface area contributed by atoms with Gasteiger partial charge in [0.05, 0.1) is 23.5 Å². The van der Waals surface area contributed by atoms with Gasteiger partial charge in [0, 0.05) is 30.2 Å². The molecule has 0 aliphatic carbocycles. The van der Waals surface area contributed by atoms with Crippen molar-refractivity contribution in [2.45, 2.75) is 57.7 Å². The number of ether oxygens (including phenoxy) is 1. The summed E-state index contributed by atoms with van der Waals surface area (Å²) in [4.78, 5) is 20.2. The monoisotopic (exact) mass is 487 g/mol. The van der Waals surface area contributed by atoms with E-state index in [1.807, 2.05) is 57.2 Å². The summed E-state index contributed by atoms with van der Waals surface area (Å²) in [6.45, 7) is 5.69. The molecule has 9 nitrogen and oxygen atoms in total. The van der Waals surface area contributed by atoms with Crippen molar-refractivity contribution in [3.63, 3.8) is 0 Å². The van der Waals surface area contributed by atoms with E-state index in [9.17, 15) is 10.1 Å². The van der Waals surface area contributed by atoms with Gasteiger partial charge in [-0.2, -0.15) is 15.5 Å². The van der Waals surface area contributed by atoms with Crippen molar-refractivity contribution < 1.29 is 9.53 Å². The third-order valence-corrected chi connectivity index (χ3v) is 7.46. The number of carbonyl (C=O) groups is 1. The maximum Gasteiger partial charge on any atom is 0.411 e. The SMILES string of the molecule is Cn1cc2cc(-c3cn4nc(C5=CC6CCC(C5)N6C(=O)OC(C)(C)C)sc4n3)cc(C#N)c2n1. The van der Waals surface area contributed by atoms with E-state index in [0.29, 0.717) is 11.1 Å². The number of nitrogens with zero attached hydrogens (tertiary/aromatic N) is 7. The summed E-state index contributed by atoms with van der Waals surface area (Å²) in [7, 11) is 1.84. The molecule has 5 heterocycles. The van der Waals surface area contributed by atoms with Crippen LogP contribution in [0.4, 0.5) is 4.79 Å². The second kappa shape index (κ2) is 7.65. The van der Waals surface area contributed by atoms with Crippen LogP contribution >= 0.6 is 11.3 Å². The van der Waals surface area contributed by atoms with Crippen molar-refractivity contribution >= 4 is 38.9 Å². The lowest BCUT2D eigenvalue weighted by molar-refractivity contribution is 0.0175. The molecule has 4 aromatic rings. The largest absolute Gasteiger partial charge is 0.444 e. The summed E-state index contributed by atoms with van der Waals surface area (Å²) in [5, 5.41) is 20.6. The minimum Gasteiger partial charge on any atom is -0.444 e. The van der Waals surface area contributed by atoms with Gasteiger partial charge in [-0.05, 0) is 57.7 Å². The molecule has 0 N–H and O–H groups in total. The van der Waals surface area contributed by atoms with Crippen LogP contribution in [-0.4, -0.2) is 53.1 Å². The van der Waals surface area contributed by atoms with Gasteiger partial charge in [0.15, 0.2) is 0 Å². The fourth-order valence-electron chi connectivity index (χ4n) is 5.04. The first-order chi connectivity index (χ1) is 16.7. The zero-order valence-corrected chi connectivity index (χ0v) is 20.8. The molecule has 0 saturated carbocycles. The molecule has 2 aliphatic heterocycles. The van der Waals surface area contributed by atoms with Crippen LogP contribution in [0.5, 0.6) is 0 Å². The number of aromatic nitrogens is 5. The van der Waals surface area contributed by atoms with Crippen molar-refractivity contribution in [2.75, 3.05) is 0 Å². The molecule has 2 atom stereocenters. The van der Waals surface area contributed by atoms with E-state index in [2.05, 4.69) is 17.2 Å². The predicted octanol–water partition coefficient (Wildman–Crippen LogP) is 4.77. The van der Waals surface area contributed by atoms with E-state index in [4.69, 9.17) is 14.8 Å². The highest BCUT2D eigenvalue weighted by Gasteiger charge is 2.42. The van der Waals surface area contributed by atoms with Crippen molar-refractivity contribution in [1.82, 2.24) is 29.3 Å². The Labute approximate surface area is 206 Å². The van der Waals surface area contributed by atoms with Gasteiger partial charge in [-0.15, -0.1) is 0 Å². The summed E-state index contributed by atoms with van der Waals surface area (Å²) in [5.74, 6) is 0. The molecule has 178 valence electrons. The van der Waals surface area contributed by atoms with E-state index in [1.165, 1.54) is 0 Å². The van der Waals surface area contributed by atoms with Gasteiger partial charge >= 0.3 is 6.09 Å². The van der Waals surface area contributed by atoms with Crippen LogP contribution < -0.4 is 0 Å². The lowest BCUT2D eigenvalue weighted by Crippen LogP contribution is -2.45. The quantitative estimate of drug-likeness (QED) is 0.404. The second-order valence-electron chi connectivity index (χ2n) is 10.2. The number of nitriles is 1. The Bertz CT molecular complexity index is 1530. The maximum absolute atomic E-state index is 12.7. The van der Waals surface area contributed by atoms with E-state index >= 15 is 0 Å². The van der Waals surface area contributed by atoms with Crippen LogP contribution in [0.2, 0.25) is 0 Å². The Balaban J connectivity index is 1.29. The van der Waals surface area contributed by atoms with Crippen LogP contribution in [0.3, 0.4) is 0 Å². The Morgan fingerprint density at radius 1 is 1.23 bits per heavy atom. The molecular formula is C25H25N7O2S. The summed E-state index contributed by atoms with van der Waals surface area (Å²) < 4.78 is 9.16. The Kier molecular flexibility index (Phi) is 4.76. The first kappa shape index (κ1) is 21.8. The first-order valence-electron chi connectivity index (χ1n) is 11.6. The fraction of sp³-hybridized carbons (Fsp3) is 0.400. The van der Waals surface area contributed by atoms with Gasteiger partial charge in [0.25, 0.3) is 0 Å². The van der Waals surface area contributed by atoms with Crippen molar-refractivity contribution in [3.8, 4) is 17.3 Å². The molecule has 2 unspecified atom stereocenters. The Morgan fingerprint density at radius 3 is 2.77 bits per heavy atom. The third-order valence-electron chi connectivity index (χ3n) is 6.46. The van der Waals surface area contributed by atoms with Gasteiger partial charge in [0.1, 0.15) is 22.2 Å².